The van der Waals surface area contributed by atoms with E-state index in [9.17, 15) is 19.8 Å². The molecule has 0 aliphatic carbocycles. The van der Waals surface area contributed by atoms with E-state index in [0.717, 1.165) is 30.4 Å². The Morgan fingerprint density at radius 1 is 1.29 bits per heavy atom. The molecule has 8 nitrogen and oxygen atoms in total. The highest BCUT2D eigenvalue weighted by atomic mass is 16.5. The van der Waals surface area contributed by atoms with Crippen molar-refractivity contribution in [2.24, 2.45) is 23.0 Å². The van der Waals surface area contributed by atoms with Crippen molar-refractivity contribution >= 4 is 17.8 Å². The van der Waals surface area contributed by atoms with Crippen LogP contribution in [-0.2, 0) is 20.9 Å². The number of aliphatic hydroxyl groups excluding tert-OH is 2. The molecular weight excluding hydrogens is 448 g/mol. The van der Waals surface area contributed by atoms with Crippen LogP contribution in [0.5, 0.6) is 0 Å². The zero-order chi connectivity index (χ0) is 26.3. The van der Waals surface area contributed by atoms with Crippen molar-refractivity contribution in [2.45, 2.75) is 98.5 Å². The average Bonchev–Trinajstić information content (AvgIpc) is 3.26. The van der Waals surface area contributed by atoms with Crippen LogP contribution in [0.1, 0.15) is 85.2 Å². The SMILES string of the molecule is C/C1=C/C[C@@H](/C(C)=C/c2coc(CN)n2)OC(=O)C[C@H](O)C(C)(C)C(=O)[C@H](C)[C@@H](O)[C@@H](C)CCC1. The van der Waals surface area contributed by atoms with Gasteiger partial charge in [-0.05, 0) is 50.7 Å². The molecule has 5 atom stereocenters. The third-order valence-electron chi connectivity index (χ3n) is 7.15. The largest absolute Gasteiger partial charge is 0.457 e. The minimum atomic E-state index is -1.25. The van der Waals surface area contributed by atoms with E-state index in [1.54, 1.807) is 26.8 Å². The first kappa shape index (κ1) is 28.9. The summed E-state index contributed by atoms with van der Waals surface area (Å²) >= 11 is 0. The molecule has 8 heteroatoms. The standard InChI is InChI=1S/C27H42N2O6/c1-16-8-7-9-17(2)25(32)19(4)26(33)27(5,6)22(30)13-24(31)35-21(11-10-16)18(3)12-20-15-34-23(14-28)29-20/h10,12,15,17,19,21-22,25,30,32H,7-9,11,13-14,28H2,1-6H3/b16-10-,18-12+/t17-,19+,21-,22-,25-/m0/s1. The predicted octanol–water partition coefficient (Wildman–Crippen LogP) is 3.95. The van der Waals surface area contributed by atoms with Gasteiger partial charge in [0.25, 0.3) is 0 Å². The van der Waals surface area contributed by atoms with Crippen molar-refractivity contribution in [3.63, 3.8) is 0 Å². The second-order valence-electron chi connectivity index (χ2n) is 10.5. The quantitative estimate of drug-likeness (QED) is 0.428. The summed E-state index contributed by atoms with van der Waals surface area (Å²) in [4.78, 5) is 30.3. The van der Waals surface area contributed by atoms with E-state index in [1.807, 2.05) is 20.8 Å². The highest BCUT2D eigenvalue weighted by molar-refractivity contribution is 5.88. The molecule has 1 aromatic heterocycles. The molecule has 1 aliphatic rings. The van der Waals surface area contributed by atoms with Crippen LogP contribution in [0.2, 0.25) is 0 Å². The van der Waals surface area contributed by atoms with Crippen LogP contribution in [0.4, 0.5) is 0 Å². The van der Waals surface area contributed by atoms with Gasteiger partial charge >= 0.3 is 5.97 Å². The smallest absolute Gasteiger partial charge is 0.309 e. The number of aliphatic hydroxyl groups is 2. The van der Waals surface area contributed by atoms with Gasteiger partial charge < -0.3 is 25.1 Å². The molecule has 0 radical (unpaired) electrons. The minimum Gasteiger partial charge on any atom is -0.457 e. The number of oxazole rings is 1. The highest BCUT2D eigenvalue weighted by Gasteiger charge is 2.42. The maximum absolute atomic E-state index is 13.2. The summed E-state index contributed by atoms with van der Waals surface area (Å²) in [5.41, 5.74) is 6.87. The number of carbonyl (C=O) groups is 2. The maximum atomic E-state index is 13.2. The fraction of sp³-hybridized carbons (Fsp3) is 0.667. The Kier molecular flexibility index (Phi) is 10.4. The summed E-state index contributed by atoms with van der Waals surface area (Å²) in [6, 6.07) is 0. The summed E-state index contributed by atoms with van der Waals surface area (Å²) in [5, 5.41) is 21.6. The highest BCUT2D eigenvalue weighted by Crippen LogP contribution is 2.32. The van der Waals surface area contributed by atoms with Crippen molar-refractivity contribution in [1.82, 2.24) is 4.98 Å². The molecule has 0 saturated heterocycles. The predicted molar refractivity (Wildman–Crippen MR) is 134 cm³/mol. The molecule has 35 heavy (non-hydrogen) atoms. The Labute approximate surface area is 208 Å². The molecule has 0 bridgehead atoms. The van der Waals surface area contributed by atoms with Crippen LogP contribution >= 0.6 is 0 Å². The number of hydrogen-bond donors (Lipinski definition) is 3. The maximum Gasteiger partial charge on any atom is 0.309 e. The van der Waals surface area contributed by atoms with Gasteiger partial charge in [0.15, 0.2) is 0 Å². The Hall–Kier alpha value is -2.29. The van der Waals surface area contributed by atoms with Crippen LogP contribution in [0.3, 0.4) is 0 Å². The van der Waals surface area contributed by atoms with E-state index in [1.165, 1.54) is 6.26 Å². The van der Waals surface area contributed by atoms with E-state index >= 15 is 0 Å². The van der Waals surface area contributed by atoms with Crippen LogP contribution in [0.25, 0.3) is 6.08 Å². The normalized spacial score (nSPS) is 31.5. The second kappa shape index (κ2) is 12.6. The number of carbonyl (C=O) groups excluding carboxylic acids is 2. The van der Waals surface area contributed by atoms with Gasteiger partial charge in [-0.25, -0.2) is 4.98 Å². The van der Waals surface area contributed by atoms with Gasteiger partial charge in [0.2, 0.25) is 5.89 Å². The molecule has 1 aliphatic heterocycles. The van der Waals surface area contributed by atoms with Gasteiger partial charge in [0.05, 0.1) is 30.6 Å². The molecular formula is C27H42N2O6. The number of allylic oxidation sites excluding steroid dienone is 1. The van der Waals surface area contributed by atoms with Crippen LogP contribution in [0.15, 0.2) is 27.9 Å². The lowest BCUT2D eigenvalue weighted by molar-refractivity contribution is -0.154. The molecule has 196 valence electrons. The molecule has 0 spiro atoms. The number of nitrogens with zero attached hydrogens (tertiary/aromatic N) is 1. The first-order valence-corrected chi connectivity index (χ1v) is 12.4. The number of aromatic nitrogens is 1. The van der Waals surface area contributed by atoms with Crippen molar-refractivity contribution in [3.8, 4) is 0 Å². The molecule has 0 aromatic carbocycles. The fourth-order valence-corrected chi connectivity index (χ4v) is 4.44. The Bertz CT molecular complexity index is 932. The number of hydrogen-bond acceptors (Lipinski definition) is 8. The molecule has 2 heterocycles. The fourth-order valence-electron chi connectivity index (χ4n) is 4.44. The molecule has 0 amide bonds. The van der Waals surface area contributed by atoms with Crippen LogP contribution in [-0.4, -0.2) is 45.3 Å². The number of nitrogens with two attached hydrogens (primary N) is 1. The zero-order valence-corrected chi connectivity index (χ0v) is 21.9. The van der Waals surface area contributed by atoms with Crippen molar-refractivity contribution in [1.29, 1.82) is 0 Å². The Morgan fingerprint density at radius 2 is 1.97 bits per heavy atom. The number of cyclic esters (lactones) is 1. The number of ether oxygens (including phenoxy) is 1. The summed E-state index contributed by atoms with van der Waals surface area (Å²) in [6.07, 6.45) is 5.35. The van der Waals surface area contributed by atoms with Gasteiger partial charge in [0.1, 0.15) is 23.8 Å². The van der Waals surface area contributed by atoms with Crippen LogP contribution in [0, 0.1) is 17.3 Å². The van der Waals surface area contributed by atoms with E-state index < -0.39 is 35.6 Å². The minimum absolute atomic E-state index is 0.0636. The first-order valence-electron chi connectivity index (χ1n) is 12.4. The van der Waals surface area contributed by atoms with Crippen molar-refractivity contribution < 1.29 is 29.0 Å². The lowest BCUT2D eigenvalue weighted by Gasteiger charge is -2.34. The number of ketones is 1. The Balaban J connectivity index is 2.33. The van der Waals surface area contributed by atoms with Gasteiger partial charge in [-0.2, -0.15) is 0 Å². The third kappa shape index (κ3) is 7.85. The van der Waals surface area contributed by atoms with E-state index in [0.29, 0.717) is 18.0 Å². The molecule has 2 rings (SSSR count). The lowest BCUT2D eigenvalue weighted by atomic mass is 9.73. The second-order valence-corrected chi connectivity index (χ2v) is 10.5. The van der Waals surface area contributed by atoms with Gasteiger partial charge in [-0.15, -0.1) is 0 Å². The van der Waals surface area contributed by atoms with Gasteiger partial charge in [0, 0.05) is 12.3 Å². The molecule has 1 aromatic rings. The molecule has 4 N–H and O–H groups in total. The van der Waals surface area contributed by atoms with E-state index in [-0.39, 0.29) is 24.7 Å². The number of rotatable bonds is 3. The zero-order valence-electron chi connectivity index (χ0n) is 21.9. The van der Waals surface area contributed by atoms with E-state index in [2.05, 4.69) is 11.1 Å². The number of Topliss-reactive ketones (excluding diaryl/α,β-unsaturated/α-hetero) is 1. The summed E-state index contributed by atoms with van der Waals surface area (Å²) in [7, 11) is 0. The van der Waals surface area contributed by atoms with Gasteiger partial charge in [-0.1, -0.05) is 39.3 Å². The topological polar surface area (TPSA) is 136 Å². The third-order valence-corrected chi connectivity index (χ3v) is 7.15. The molecule has 0 saturated carbocycles. The summed E-state index contributed by atoms with van der Waals surface area (Å²) in [5.74, 6) is -1.17. The first-order chi connectivity index (χ1) is 16.4. The number of esters is 1. The lowest BCUT2D eigenvalue weighted by Crippen LogP contribution is -2.45. The van der Waals surface area contributed by atoms with Gasteiger partial charge in [-0.3, -0.25) is 9.59 Å². The van der Waals surface area contributed by atoms with Crippen molar-refractivity contribution in [2.75, 3.05) is 0 Å². The molecule has 0 fully saturated rings. The summed E-state index contributed by atoms with van der Waals surface area (Å²) < 4.78 is 11.1. The van der Waals surface area contributed by atoms with E-state index in [4.69, 9.17) is 14.9 Å². The Morgan fingerprint density at radius 3 is 2.60 bits per heavy atom. The summed E-state index contributed by atoms with van der Waals surface area (Å²) in [6.45, 7) is 10.9. The average molecular weight is 491 g/mol. The van der Waals surface area contributed by atoms with Crippen LogP contribution < -0.4 is 5.73 Å². The monoisotopic (exact) mass is 490 g/mol. The van der Waals surface area contributed by atoms with Crippen molar-refractivity contribution in [3.05, 3.63) is 35.1 Å². The molecule has 0 unspecified atom stereocenters.